The summed E-state index contributed by atoms with van der Waals surface area (Å²) in [5.41, 5.74) is 0. The number of carboxylic acid groups (broad SMARTS) is 1. The summed E-state index contributed by atoms with van der Waals surface area (Å²) in [5, 5.41) is 8.65. The van der Waals surface area contributed by atoms with Gasteiger partial charge in [-0.05, 0) is 19.1 Å². The average Bonchev–Trinajstić information content (AvgIpc) is 2.35. The Kier molecular flexibility index (Phi) is 5.17. The minimum Gasteiger partial charge on any atom is -0.484 e. The van der Waals surface area contributed by atoms with Crippen molar-refractivity contribution in [2.45, 2.75) is 19.4 Å². The summed E-state index contributed by atoms with van der Waals surface area (Å²) >= 11 is 0. The SMILES string of the molecule is CC(CC(=O)O)N(C)C(=O)COc1ccccc1. The van der Waals surface area contributed by atoms with Gasteiger partial charge in [-0.2, -0.15) is 0 Å². The van der Waals surface area contributed by atoms with Crippen LogP contribution in [0, 0.1) is 0 Å². The summed E-state index contributed by atoms with van der Waals surface area (Å²) in [6.07, 6.45) is -0.0758. The fourth-order valence-corrected chi connectivity index (χ4v) is 1.40. The highest BCUT2D eigenvalue weighted by atomic mass is 16.5. The highest BCUT2D eigenvalue weighted by molar-refractivity contribution is 5.78. The van der Waals surface area contributed by atoms with Gasteiger partial charge in [-0.15, -0.1) is 0 Å². The van der Waals surface area contributed by atoms with Crippen LogP contribution in [0.5, 0.6) is 5.75 Å². The predicted molar refractivity (Wildman–Crippen MR) is 66.4 cm³/mol. The topological polar surface area (TPSA) is 66.8 Å². The maximum Gasteiger partial charge on any atom is 0.305 e. The molecular weight excluding hydrogens is 234 g/mol. The first-order valence-electron chi connectivity index (χ1n) is 5.66. The number of rotatable bonds is 6. The Morgan fingerprint density at radius 2 is 1.94 bits per heavy atom. The third-order valence-corrected chi connectivity index (χ3v) is 2.63. The van der Waals surface area contributed by atoms with Crippen molar-refractivity contribution in [1.82, 2.24) is 4.90 Å². The average molecular weight is 251 g/mol. The molecule has 0 heterocycles. The molecule has 0 spiro atoms. The van der Waals surface area contributed by atoms with Crippen molar-refractivity contribution in [3.05, 3.63) is 30.3 Å². The molecule has 0 aliphatic rings. The molecule has 0 saturated heterocycles. The number of carboxylic acids is 1. The van der Waals surface area contributed by atoms with Crippen LogP contribution >= 0.6 is 0 Å². The number of hydrogen-bond donors (Lipinski definition) is 1. The monoisotopic (exact) mass is 251 g/mol. The number of ether oxygens (including phenoxy) is 1. The lowest BCUT2D eigenvalue weighted by molar-refractivity contribution is -0.140. The van der Waals surface area contributed by atoms with Gasteiger partial charge < -0.3 is 14.7 Å². The molecule has 1 atom stereocenters. The van der Waals surface area contributed by atoms with Gasteiger partial charge in [0.05, 0.1) is 6.42 Å². The van der Waals surface area contributed by atoms with Gasteiger partial charge in [-0.1, -0.05) is 18.2 Å². The van der Waals surface area contributed by atoms with Crippen LogP contribution in [0.25, 0.3) is 0 Å². The summed E-state index contributed by atoms with van der Waals surface area (Å²) < 4.78 is 5.31. The minimum atomic E-state index is -0.925. The Morgan fingerprint density at radius 3 is 2.50 bits per heavy atom. The van der Waals surface area contributed by atoms with E-state index in [-0.39, 0.29) is 25.0 Å². The normalized spacial score (nSPS) is 11.7. The van der Waals surface area contributed by atoms with E-state index in [4.69, 9.17) is 9.84 Å². The van der Waals surface area contributed by atoms with Crippen LogP contribution in [0.4, 0.5) is 0 Å². The molecule has 1 unspecified atom stereocenters. The summed E-state index contributed by atoms with van der Waals surface area (Å²) in [6, 6.07) is 8.65. The quantitative estimate of drug-likeness (QED) is 0.829. The first kappa shape index (κ1) is 14.0. The number of likely N-dealkylation sites (N-methyl/N-ethyl adjacent to an activating group) is 1. The molecule has 5 heteroatoms. The molecule has 1 aromatic rings. The highest BCUT2D eigenvalue weighted by Gasteiger charge is 2.18. The van der Waals surface area contributed by atoms with E-state index in [0.717, 1.165) is 0 Å². The Morgan fingerprint density at radius 1 is 1.33 bits per heavy atom. The van der Waals surface area contributed by atoms with E-state index in [9.17, 15) is 9.59 Å². The van der Waals surface area contributed by atoms with Crippen molar-refractivity contribution in [3.63, 3.8) is 0 Å². The lowest BCUT2D eigenvalue weighted by Gasteiger charge is -2.23. The summed E-state index contributed by atoms with van der Waals surface area (Å²) in [4.78, 5) is 23.7. The Hall–Kier alpha value is -2.04. The molecule has 0 aliphatic heterocycles. The molecular formula is C13H17NO4. The Labute approximate surface area is 106 Å². The standard InChI is InChI=1S/C13H17NO4/c1-10(8-13(16)17)14(2)12(15)9-18-11-6-4-3-5-7-11/h3-7,10H,8-9H2,1-2H3,(H,16,17). The van der Waals surface area contributed by atoms with Crippen LogP contribution in [-0.2, 0) is 9.59 Å². The highest BCUT2D eigenvalue weighted by Crippen LogP contribution is 2.09. The number of para-hydroxylation sites is 1. The molecule has 0 radical (unpaired) electrons. The molecule has 98 valence electrons. The van der Waals surface area contributed by atoms with E-state index in [2.05, 4.69) is 0 Å². The van der Waals surface area contributed by atoms with E-state index >= 15 is 0 Å². The lowest BCUT2D eigenvalue weighted by Crippen LogP contribution is -2.39. The second-order valence-corrected chi connectivity index (χ2v) is 4.05. The van der Waals surface area contributed by atoms with E-state index < -0.39 is 5.97 Å². The summed E-state index contributed by atoms with van der Waals surface area (Å²) in [5.74, 6) is -0.552. The fourth-order valence-electron chi connectivity index (χ4n) is 1.40. The number of amides is 1. The number of hydrogen-bond acceptors (Lipinski definition) is 3. The molecule has 1 aromatic carbocycles. The van der Waals surface area contributed by atoms with Gasteiger partial charge in [-0.3, -0.25) is 9.59 Å². The molecule has 0 saturated carbocycles. The third-order valence-electron chi connectivity index (χ3n) is 2.63. The van der Waals surface area contributed by atoms with E-state index in [1.54, 1.807) is 26.1 Å². The summed E-state index contributed by atoms with van der Waals surface area (Å²) in [6.45, 7) is 1.60. The van der Waals surface area contributed by atoms with E-state index in [1.165, 1.54) is 4.90 Å². The summed E-state index contributed by atoms with van der Waals surface area (Å²) in [7, 11) is 1.57. The Balaban J connectivity index is 2.43. The molecule has 18 heavy (non-hydrogen) atoms. The maximum atomic E-state index is 11.7. The van der Waals surface area contributed by atoms with Gasteiger partial charge in [-0.25, -0.2) is 0 Å². The second-order valence-electron chi connectivity index (χ2n) is 4.05. The zero-order valence-electron chi connectivity index (χ0n) is 10.5. The number of benzene rings is 1. The molecule has 0 aromatic heterocycles. The zero-order chi connectivity index (χ0) is 13.5. The molecule has 0 bridgehead atoms. The van der Waals surface area contributed by atoms with Crippen molar-refractivity contribution in [3.8, 4) is 5.75 Å². The van der Waals surface area contributed by atoms with Crippen LogP contribution in [0.15, 0.2) is 30.3 Å². The van der Waals surface area contributed by atoms with Crippen LogP contribution in [0.3, 0.4) is 0 Å². The van der Waals surface area contributed by atoms with Gasteiger partial charge in [0, 0.05) is 13.1 Å². The molecule has 0 fully saturated rings. The van der Waals surface area contributed by atoms with Crippen LogP contribution in [0.1, 0.15) is 13.3 Å². The zero-order valence-corrected chi connectivity index (χ0v) is 10.5. The molecule has 1 N–H and O–H groups in total. The van der Waals surface area contributed by atoms with Gasteiger partial charge in [0.1, 0.15) is 5.75 Å². The van der Waals surface area contributed by atoms with E-state index in [0.29, 0.717) is 5.75 Å². The third kappa shape index (κ3) is 4.45. The first-order valence-corrected chi connectivity index (χ1v) is 5.66. The van der Waals surface area contributed by atoms with Crippen molar-refractivity contribution >= 4 is 11.9 Å². The van der Waals surface area contributed by atoms with Crippen LogP contribution < -0.4 is 4.74 Å². The van der Waals surface area contributed by atoms with Gasteiger partial charge in [0.25, 0.3) is 5.91 Å². The second kappa shape index (κ2) is 6.64. The van der Waals surface area contributed by atoms with Crippen LogP contribution in [0.2, 0.25) is 0 Å². The van der Waals surface area contributed by atoms with Crippen molar-refractivity contribution in [1.29, 1.82) is 0 Å². The van der Waals surface area contributed by atoms with Crippen molar-refractivity contribution in [2.24, 2.45) is 0 Å². The van der Waals surface area contributed by atoms with Crippen molar-refractivity contribution < 1.29 is 19.4 Å². The largest absolute Gasteiger partial charge is 0.484 e. The maximum absolute atomic E-state index is 11.7. The van der Waals surface area contributed by atoms with Gasteiger partial charge in [0.2, 0.25) is 0 Å². The van der Waals surface area contributed by atoms with Crippen molar-refractivity contribution in [2.75, 3.05) is 13.7 Å². The molecule has 5 nitrogen and oxygen atoms in total. The van der Waals surface area contributed by atoms with E-state index in [1.807, 2.05) is 18.2 Å². The van der Waals surface area contributed by atoms with Crippen LogP contribution in [-0.4, -0.2) is 41.6 Å². The number of carbonyl (C=O) groups is 2. The molecule has 1 amide bonds. The fraction of sp³-hybridized carbons (Fsp3) is 0.385. The van der Waals surface area contributed by atoms with Gasteiger partial charge in [0.15, 0.2) is 6.61 Å². The number of nitrogens with zero attached hydrogens (tertiary/aromatic N) is 1. The number of aliphatic carboxylic acids is 1. The Bertz CT molecular complexity index is 405. The number of carbonyl (C=O) groups excluding carboxylic acids is 1. The van der Waals surface area contributed by atoms with Gasteiger partial charge >= 0.3 is 5.97 Å². The first-order chi connectivity index (χ1) is 8.50. The lowest BCUT2D eigenvalue weighted by atomic mass is 10.2. The predicted octanol–water partition coefficient (Wildman–Crippen LogP) is 1.39. The molecule has 1 rings (SSSR count). The molecule has 0 aliphatic carbocycles. The smallest absolute Gasteiger partial charge is 0.305 e. The minimum absolute atomic E-state index is 0.0758.